The second-order valence-corrected chi connectivity index (χ2v) is 8.40. The average Bonchev–Trinajstić information content (AvgIpc) is 3.34. The standard InChI is InChI=1S/C24H24F3N3O2/c1-15(2)11-30-12-17-9-20(7-8-21(17)22(30)13-31)32-14-18-10-28-29-23(18)16-3-5-19(6-4-16)24(25,26)27/h3-10,13,15,22H,11-12,14H2,1-2H3,(H,28,29). The van der Waals surface area contributed by atoms with Crippen molar-refractivity contribution < 1.29 is 22.7 Å². The van der Waals surface area contributed by atoms with Gasteiger partial charge in [-0.3, -0.25) is 10.00 Å². The number of hydrogen-bond acceptors (Lipinski definition) is 4. The zero-order valence-electron chi connectivity index (χ0n) is 17.8. The van der Waals surface area contributed by atoms with Crippen LogP contribution in [0.3, 0.4) is 0 Å². The van der Waals surface area contributed by atoms with Gasteiger partial charge in [0.25, 0.3) is 0 Å². The maximum atomic E-state index is 12.8. The van der Waals surface area contributed by atoms with Crippen molar-refractivity contribution in [1.29, 1.82) is 0 Å². The number of aromatic nitrogens is 2. The number of H-pyrrole nitrogens is 1. The van der Waals surface area contributed by atoms with Gasteiger partial charge in [0.1, 0.15) is 18.6 Å². The number of hydrogen-bond donors (Lipinski definition) is 1. The van der Waals surface area contributed by atoms with E-state index < -0.39 is 11.7 Å². The molecule has 1 aromatic heterocycles. The lowest BCUT2D eigenvalue weighted by molar-refractivity contribution is -0.137. The number of carbonyl (C=O) groups is 1. The molecule has 3 aromatic rings. The van der Waals surface area contributed by atoms with Crippen molar-refractivity contribution in [3.05, 3.63) is 70.9 Å². The smallest absolute Gasteiger partial charge is 0.416 e. The molecule has 4 rings (SSSR count). The van der Waals surface area contributed by atoms with Crippen molar-refractivity contribution in [1.82, 2.24) is 15.1 Å². The van der Waals surface area contributed by atoms with E-state index in [2.05, 4.69) is 28.9 Å². The molecule has 1 aliphatic heterocycles. The molecule has 1 N–H and O–H groups in total. The van der Waals surface area contributed by atoms with Gasteiger partial charge in [0.2, 0.25) is 0 Å². The topological polar surface area (TPSA) is 58.2 Å². The van der Waals surface area contributed by atoms with Crippen molar-refractivity contribution in [3.63, 3.8) is 0 Å². The SMILES string of the molecule is CC(C)CN1Cc2cc(OCc3cn[nH]c3-c3ccc(C(F)(F)F)cc3)ccc2C1C=O. The maximum absolute atomic E-state index is 12.8. The summed E-state index contributed by atoms with van der Waals surface area (Å²) in [7, 11) is 0. The van der Waals surface area contributed by atoms with Crippen LogP contribution in [0.25, 0.3) is 11.3 Å². The number of nitrogens with zero attached hydrogens (tertiary/aromatic N) is 2. The first-order chi connectivity index (χ1) is 15.3. The molecule has 1 atom stereocenters. The Hall–Kier alpha value is -3.13. The van der Waals surface area contributed by atoms with Crippen molar-refractivity contribution in [2.75, 3.05) is 6.54 Å². The summed E-state index contributed by atoms with van der Waals surface area (Å²) in [5, 5.41) is 6.86. The summed E-state index contributed by atoms with van der Waals surface area (Å²) >= 11 is 0. The zero-order valence-corrected chi connectivity index (χ0v) is 17.8. The highest BCUT2D eigenvalue weighted by molar-refractivity contribution is 5.65. The number of nitrogens with one attached hydrogen (secondary N) is 1. The molecule has 0 saturated heterocycles. The van der Waals surface area contributed by atoms with Crippen molar-refractivity contribution in [2.45, 2.75) is 39.2 Å². The van der Waals surface area contributed by atoms with Crippen LogP contribution in [0.5, 0.6) is 5.75 Å². The third-order valence-electron chi connectivity index (χ3n) is 5.54. The Bertz CT molecular complexity index is 1090. The highest BCUT2D eigenvalue weighted by atomic mass is 19.4. The number of aldehydes is 1. The third kappa shape index (κ3) is 4.55. The van der Waals surface area contributed by atoms with Gasteiger partial charge in [-0.25, -0.2) is 0 Å². The first kappa shape index (κ1) is 22.1. The van der Waals surface area contributed by atoms with Crippen LogP contribution in [0, 0.1) is 5.92 Å². The number of ether oxygens (including phenoxy) is 1. The van der Waals surface area contributed by atoms with E-state index in [0.717, 1.165) is 41.7 Å². The molecule has 1 unspecified atom stereocenters. The number of halogens is 3. The number of rotatable bonds is 7. The molecule has 32 heavy (non-hydrogen) atoms. The van der Waals surface area contributed by atoms with Crippen molar-refractivity contribution >= 4 is 6.29 Å². The molecule has 2 aromatic carbocycles. The highest BCUT2D eigenvalue weighted by Gasteiger charge is 2.31. The zero-order chi connectivity index (χ0) is 22.9. The minimum Gasteiger partial charge on any atom is -0.489 e. The normalized spacial score (nSPS) is 16.4. The van der Waals surface area contributed by atoms with E-state index in [-0.39, 0.29) is 12.6 Å². The summed E-state index contributed by atoms with van der Waals surface area (Å²) in [5.74, 6) is 1.12. The third-order valence-corrected chi connectivity index (χ3v) is 5.54. The molecular formula is C24H24F3N3O2. The van der Waals surface area contributed by atoms with E-state index in [1.807, 2.05) is 18.2 Å². The Kier molecular flexibility index (Phi) is 6.06. The number of fused-ring (bicyclic) bond motifs is 1. The molecule has 0 aliphatic carbocycles. The predicted octanol–water partition coefficient (Wildman–Crippen LogP) is 5.39. The largest absolute Gasteiger partial charge is 0.489 e. The minimum atomic E-state index is -4.38. The van der Waals surface area contributed by atoms with Gasteiger partial charge >= 0.3 is 6.18 Å². The Morgan fingerprint density at radius 2 is 1.97 bits per heavy atom. The van der Waals surface area contributed by atoms with Crippen LogP contribution in [0.2, 0.25) is 0 Å². The van der Waals surface area contributed by atoms with E-state index in [9.17, 15) is 18.0 Å². The number of alkyl halides is 3. The van der Waals surface area contributed by atoms with Crippen LogP contribution in [0.15, 0.2) is 48.7 Å². The monoisotopic (exact) mass is 443 g/mol. The molecule has 0 radical (unpaired) electrons. The van der Waals surface area contributed by atoms with Crippen LogP contribution < -0.4 is 4.74 Å². The van der Waals surface area contributed by atoms with Crippen molar-refractivity contribution in [2.24, 2.45) is 5.92 Å². The minimum absolute atomic E-state index is 0.207. The molecule has 2 heterocycles. The first-order valence-corrected chi connectivity index (χ1v) is 10.4. The fraction of sp³-hybridized carbons (Fsp3) is 0.333. The van der Waals surface area contributed by atoms with Crippen LogP contribution >= 0.6 is 0 Å². The second-order valence-electron chi connectivity index (χ2n) is 8.40. The quantitative estimate of drug-likeness (QED) is 0.498. The molecule has 0 bridgehead atoms. The van der Waals surface area contributed by atoms with Gasteiger partial charge in [-0.1, -0.05) is 32.0 Å². The Labute approximate surface area is 184 Å². The Morgan fingerprint density at radius 1 is 1.22 bits per heavy atom. The van der Waals surface area contributed by atoms with Crippen LogP contribution in [0.1, 0.15) is 42.1 Å². The Balaban J connectivity index is 1.47. The molecular weight excluding hydrogens is 419 g/mol. The lowest BCUT2D eigenvalue weighted by atomic mass is 10.0. The number of benzene rings is 2. The van der Waals surface area contributed by atoms with E-state index in [1.165, 1.54) is 12.1 Å². The Morgan fingerprint density at radius 3 is 2.62 bits per heavy atom. The molecule has 0 spiro atoms. The molecule has 1 aliphatic rings. The highest BCUT2D eigenvalue weighted by Crippen LogP contribution is 2.35. The van der Waals surface area contributed by atoms with E-state index in [0.29, 0.717) is 29.5 Å². The summed E-state index contributed by atoms with van der Waals surface area (Å²) < 4.78 is 44.4. The lowest BCUT2D eigenvalue weighted by Crippen LogP contribution is -2.27. The first-order valence-electron chi connectivity index (χ1n) is 10.4. The van der Waals surface area contributed by atoms with Gasteiger partial charge in [0.15, 0.2) is 0 Å². The van der Waals surface area contributed by atoms with Gasteiger partial charge in [0.05, 0.1) is 23.5 Å². The van der Waals surface area contributed by atoms with Crippen LogP contribution in [-0.4, -0.2) is 27.9 Å². The summed E-state index contributed by atoms with van der Waals surface area (Å²) in [4.78, 5) is 13.8. The molecule has 0 amide bonds. The number of carbonyl (C=O) groups excluding carboxylic acids is 1. The molecule has 0 saturated carbocycles. The van der Waals surface area contributed by atoms with Gasteiger partial charge in [0, 0.05) is 18.7 Å². The molecule has 5 nitrogen and oxygen atoms in total. The molecule has 168 valence electrons. The van der Waals surface area contributed by atoms with Gasteiger partial charge in [-0.05, 0) is 46.9 Å². The van der Waals surface area contributed by atoms with Crippen LogP contribution in [0.4, 0.5) is 13.2 Å². The van der Waals surface area contributed by atoms with Gasteiger partial charge in [-0.2, -0.15) is 18.3 Å². The van der Waals surface area contributed by atoms with E-state index >= 15 is 0 Å². The maximum Gasteiger partial charge on any atom is 0.416 e. The number of aromatic amines is 1. The van der Waals surface area contributed by atoms with Gasteiger partial charge in [-0.15, -0.1) is 0 Å². The van der Waals surface area contributed by atoms with E-state index in [1.54, 1.807) is 6.20 Å². The molecule has 8 heteroatoms. The predicted molar refractivity (Wildman–Crippen MR) is 114 cm³/mol. The lowest BCUT2D eigenvalue weighted by Gasteiger charge is -2.22. The average molecular weight is 443 g/mol. The molecule has 0 fully saturated rings. The van der Waals surface area contributed by atoms with Gasteiger partial charge < -0.3 is 9.53 Å². The summed E-state index contributed by atoms with van der Waals surface area (Å²) in [5.41, 5.74) is 3.32. The van der Waals surface area contributed by atoms with E-state index in [4.69, 9.17) is 4.74 Å². The summed E-state index contributed by atoms with van der Waals surface area (Å²) in [6.07, 6.45) is -1.79. The fourth-order valence-corrected chi connectivity index (χ4v) is 4.08. The summed E-state index contributed by atoms with van der Waals surface area (Å²) in [6.45, 7) is 5.98. The second kappa shape index (κ2) is 8.78. The fourth-order valence-electron chi connectivity index (χ4n) is 4.08. The summed E-state index contributed by atoms with van der Waals surface area (Å²) in [6, 6.07) is 10.4. The van der Waals surface area contributed by atoms with Crippen molar-refractivity contribution in [3.8, 4) is 17.0 Å². The van der Waals surface area contributed by atoms with Crippen LogP contribution in [-0.2, 0) is 24.1 Å².